The van der Waals surface area contributed by atoms with Gasteiger partial charge in [-0.1, -0.05) is 12.5 Å². The van der Waals surface area contributed by atoms with Gasteiger partial charge in [-0.2, -0.15) is 0 Å². The van der Waals surface area contributed by atoms with E-state index in [2.05, 4.69) is 22.3 Å². The first-order valence-electron chi connectivity index (χ1n) is 8.85. The number of nitrogens with one attached hydrogen (secondary N) is 1. The summed E-state index contributed by atoms with van der Waals surface area (Å²) < 4.78 is 11.3. The zero-order chi connectivity index (χ0) is 16.8. The molecule has 1 aromatic carbocycles. The van der Waals surface area contributed by atoms with Crippen LogP contribution in [0, 0.1) is 0 Å². The number of benzene rings is 1. The molecular weight excluding hydrogens is 306 g/mol. The van der Waals surface area contributed by atoms with Crippen LogP contribution < -0.4 is 20.5 Å². The summed E-state index contributed by atoms with van der Waals surface area (Å²) in [6.45, 7) is 4.25. The molecule has 1 atom stereocenters. The van der Waals surface area contributed by atoms with Gasteiger partial charge in [0.2, 0.25) is 5.91 Å². The molecule has 0 radical (unpaired) electrons. The summed E-state index contributed by atoms with van der Waals surface area (Å²) in [5.41, 5.74) is 6.65. The summed E-state index contributed by atoms with van der Waals surface area (Å²) in [5, 5.41) is 3.01. The van der Waals surface area contributed by atoms with Crippen molar-refractivity contribution in [2.24, 2.45) is 5.73 Å². The van der Waals surface area contributed by atoms with Crippen molar-refractivity contribution in [3.8, 4) is 11.5 Å². The molecule has 0 saturated carbocycles. The summed E-state index contributed by atoms with van der Waals surface area (Å²) in [6, 6.07) is 6.55. The fraction of sp³-hybridized carbons (Fsp3) is 0.611. The summed E-state index contributed by atoms with van der Waals surface area (Å²) in [5.74, 6) is 1.71. The molecule has 6 nitrogen and oxygen atoms in total. The van der Waals surface area contributed by atoms with Crippen LogP contribution in [0.15, 0.2) is 18.2 Å². The second kappa shape index (κ2) is 8.35. The Balaban J connectivity index is 1.60. The highest BCUT2D eigenvalue weighted by molar-refractivity contribution is 5.76. The molecule has 3 N–H and O–H groups in total. The number of piperidine rings is 1. The van der Waals surface area contributed by atoms with Crippen molar-refractivity contribution in [3.63, 3.8) is 0 Å². The second-order valence-electron chi connectivity index (χ2n) is 6.44. The number of amides is 1. The molecule has 6 heteroatoms. The standard InChI is InChI=1S/C18H27N3O3/c19-7-6-18(22)20-12-15-3-1-2-8-21(15)13-14-4-5-16-17(11-14)24-10-9-23-16/h4-5,11,15H,1-3,6-10,12-13,19H2,(H,20,22). The van der Waals surface area contributed by atoms with Gasteiger partial charge in [-0.05, 0) is 37.1 Å². The van der Waals surface area contributed by atoms with E-state index in [1.165, 1.54) is 18.4 Å². The van der Waals surface area contributed by atoms with Crippen LogP contribution in [-0.4, -0.2) is 49.7 Å². The highest BCUT2D eigenvalue weighted by Crippen LogP contribution is 2.31. The van der Waals surface area contributed by atoms with Crippen LogP contribution >= 0.6 is 0 Å². The highest BCUT2D eigenvalue weighted by atomic mass is 16.6. The van der Waals surface area contributed by atoms with Crippen molar-refractivity contribution in [2.45, 2.75) is 38.3 Å². The van der Waals surface area contributed by atoms with Gasteiger partial charge in [0.25, 0.3) is 0 Å². The molecule has 2 aliphatic heterocycles. The van der Waals surface area contributed by atoms with Gasteiger partial charge >= 0.3 is 0 Å². The molecule has 0 bridgehead atoms. The first-order valence-corrected chi connectivity index (χ1v) is 8.85. The number of nitrogens with zero attached hydrogens (tertiary/aromatic N) is 1. The third-order valence-corrected chi connectivity index (χ3v) is 4.65. The predicted molar refractivity (Wildman–Crippen MR) is 92.2 cm³/mol. The molecule has 2 heterocycles. The fourth-order valence-electron chi connectivity index (χ4n) is 3.37. The van der Waals surface area contributed by atoms with E-state index in [0.717, 1.165) is 31.0 Å². The lowest BCUT2D eigenvalue weighted by Gasteiger charge is -2.36. The van der Waals surface area contributed by atoms with Crippen molar-refractivity contribution in [2.75, 3.05) is 32.8 Å². The molecule has 0 spiro atoms. The van der Waals surface area contributed by atoms with Crippen LogP contribution in [0.4, 0.5) is 0 Å². The van der Waals surface area contributed by atoms with Gasteiger partial charge in [0.15, 0.2) is 11.5 Å². The van der Waals surface area contributed by atoms with Crippen LogP contribution in [0.25, 0.3) is 0 Å². The number of nitrogens with two attached hydrogens (primary N) is 1. The van der Waals surface area contributed by atoms with Gasteiger partial charge in [0.05, 0.1) is 0 Å². The SMILES string of the molecule is NCCC(=O)NCC1CCCCN1Cc1ccc2c(c1)OCCO2. The van der Waals surface area contributed by atoms with E-state index < -0.39 is 0 Å². The minimum absolute atomic E-state index is 0.0438. The molecule has 1 saturated heterocycles. The predicted octanol–water partition coefficient (Wildman–Crippen LogP) is 1.28. The molecule has 132 valence electrons. The quantitative estimate of drug-likeness (QED) is 0.820. The van der Waals surface area contributed by atoms with E-state index in [9.17, 15) is 4.79 Å². The minimum Gasteiger partial charge on any atom is -0.486 e. The van der Waals surface area contributed by atoms with E-state index in [1.807, 2.05) is 6.07 Å². The Bertz CT molecular complexity index is 564. The molecular formula is C18H27N3O3. The van der Waals surface area contributed by atoms with Gasteiger partial charge in [0, 0.05) is 32.1 Å². The summed E-state index contributed by atoms with van der Waals surface area (Å²) in [7, 11) is 0. The number of hydrogen-bond acceptors (Lipinski definition) is 5. The Hall–Kier alpha value is -1.79. The lowest BCUT2D eigenvalue weighted by atomic mass is 10.0. The molecule has 2 aliphatic rings. The summed E-state index contributed by atoms with van der Waals surface area (Å²) in [6.07, 6.45) is 3.94. The van der Waals surface area contributed by atoms with Crippen molar-refractivity contribution in [3.05, 3.63) is 23.8 Å². The van der Waals surface area contributed by atoms with Gasteiger partial charge in [0.1, 0.15) is 13.2 Å². The van der Waals surface area contributed by atoms with Gasteiger partial charge < -0.3 is 20.5 Å². The number of hydrogen-bond donors (Lipinski definition) is 2. The minimum atomic E-state index is 0.0438. The van der Waals surface area contributed by atoms with Gasteiger partial charge in [-0.3, -0.25) is 9.69 Å². The maximum atomic E-state index is 11.7. The van der Waals surface area contributed by atoms with Crippen molar-refractivity contribution < 1.29 is 14.3 Å². The number of likely N-dealkylation sites (tertiary alicyclic amines) is 1. The van der Waals surface area contributed by atoms with Crippen LogP contribution in [-0.2, 0) is 11.3 Å². The Kier molecular flexibility index (Phi) is 5.93. The molecule has 0 aromatic heterocycles. The number of carbonyl (C=O) groups is 1. The zero-order valence-corrected chi connectivity index (χ0v) is 14.1. The summed E-state index contributed by atoms with van der Waals surface area (Å²) in [4.78, 5) is 14.1. The topological polar surface area (TPSA) is 76.8 Å². The number of fused-ring (bicyclic) bond motifs is 1. The molecule has 1 amide bonds. The average molecular weight is 333 g/mol. The Morgan fingerprint density at radius 2 is 2.08 bits per heavy atom. The zero-order valence-electron chi connectivity index (χ0n) is 14.1. The van der Waals surface area contributed by atoms with Crippen molar-refractivity contribution in [1.29, 1.82) is 0 Å². The average Bonchev–Trinajstić information content (AvgIpc) is 2.61. The van der Waals surface area contributed by atoms with Crippen LogP contribution in [0.2, 0.25) is 0 Å². The van der Waals surface area contributed by atoms with E-state index in [-0.39, 0.29) is 5.91 Å². The largest absolute Gasteiger partial charge is 0.486 e. The first kappa shape index (κ1) is 17.0. The normalized spacial score (nSPS) is 20.6. The maximum Gasteiger partial charge on any atom is 0.221 e. The van der Waals surface area contributed by atoms with Crippen LogP contribution in [0.1, 0.15) is 31.2 Å². The Labute approximate surface area is 143 Å². The van der Waals surface area contributed by atoms with Gasteiger partial charge in [-0.15, -0.1) is 0 Å². The molecule has 1 unspecified atom stereocenters. The third-order valence-electron chi connectivity index (χ3n) is 4.65. The first-order chi connectivity index (χ1) is 11.8. The highest BCUT2D eigenvalue weighted by Gasteiger charge is 2.23. The molecule has 1 aromatic rings. The molecule has 0 aliphatic carbocycles. The molecule has 24 heavy (non-hydrogen) atoms. The lowest BCUT2D eigenvalue weighted by molar-refractivity contribution is -0.121. The van der Waals surface area contributed by atoms with Crippen molar-refractivity contribution >= 4 is 5.91 Å². The van der Waals surface area contributed by atoms with Crippen LogP contribution in [0.3, 0.4) is 0 Å². The number of rotatable bonds is 6. The van der Waals surface area contributed by atoms with E-state index >= 15 is 0 Å². The van der Waals surface area contributed by atoms with E-state index in [4.69, 9.17) is 15.2 Å². The number of ether oxygens (including phenoxy) is 2. The van der Waals surface area contributed by atoms with E-state index in [0.29, 0.717) is 38.8 Å². The third kappa shape index (κ3) is 4.39. The number of carbonyl (C=O) groups excluding carboxylic acids is 1. The monoisotopic (exact) mass is 333 g/mol. The lowest BCUT2D eigenvalue weighted by Crippen LogP contribution is -2.46. The fourth-order valence-corrected chi connectivity index (χ4v) is 3.37. The van der Waals surface area contributed by atoms with Gasteiger partial charge in [-0.25, -0.2) is 0 Å². The molecule has 3 rings (SSSR count). The second-order valence-corrected chi connectivity index (χ2v) is 6.44. The van der Waals surface area contributed by atoms with E-state index in [1.54, 1.807) is 0 Å². The molecule has 1 fully saturated rings. The summed E-state index contributed by atoms with van der Waals surface area (Å²) >= 11 is 0. The Morgan fingerprint density at radius 3 is 2.92 bits per heavy atom. The Morgan fingerprint density at radius 1 is 1.25 bits per heavy atom. The maximum absolute atomic E-state index is 11.7. The van der Waals surface area contributed by atoms with Crippen LogP contribution in [0.5, 0.6) is 11.5 Å². The van der Waals surface area contributed by atoms with Crippen molar-refractivity contribution in [1.82, 2.24) is 10.2 Å². The smallest absolute Gasteiger partial charge is 0.221 e.